The van der Waals surface area contributed by atoms with E-state index in [1.54, 1.807) is 0 Å². The van der Waals surface area contributed by atoms with Crippen molar-refractivity contribution in [2.24, 2.45) is 11.3 Å². The van der Waals surface area contributed by atoms with E-state index in [0.717, 1.165) is 12.8 Å². The van der Waals surface area contributed by atoms with E-state index in [4.69, 9.17) is 0 Å². The van der Waals surface area contributed by atoms with Crippen molar-refractivity contribution in [3.63, 3.8) is 0 Å². The van der Waals surface area contributed by atoms with Gasteiger partial charge in [0.25, 0.3) is 0 Å². The summed E-state index contributed by atoms with van der Waals surface area (Å²) in [5.74, 6) is -0.601. The predicted molar refractivity (Wildman–Crippen MR) is 76.4 cm³/mol. The largest absolute Gasteiger partial charge is 0.481 e. The molecule has 1 aliphatic carbocycles. The maximum Gasteiger partial charge on any atom is 0.311 e. The second-order valence-electron chi connectivity index (χ2n) is 6.63. The summed E-state index contributed by atoms with van der Waals surface area (Å²) in [6.07, 6.45) is 5.19. The highest BCUT2D eigenvalue weighted by Gasteiger charge is 2.47. The molecule has 1 aliphatic heterocycles. The maximum atomic E-state index is 12.0. The highest BCUT2D eigenvalue weighted by atomic mass is 16.4. The summed E-state index contributed by atoms with van der Waals surface area (Å²) in [5.41, 5.74) is -0.687. The van der Waals surface area contributed by atoms with E-state index < -0.39 is 11.4 Å². The molecule has 2 fully saturated rings. The fourth-order valence-electron chi connectivity index (χ4n) is 3.49. The molecule has 0 aromatic heterocycles. The van der Waals surface area contributed by atoms with Crippen LogP contribution in [-0.2, 0) is 9.59 Å². The number of rotatable bonds is 5. The van der Waals surface area contributed by atoms with Gasteiger partial charge in [-0.05, 0) is 31.7 Å². The van der Waals surface area contributed by atoms with Crippen molar-refractivity contribution in [1.82, 2.24) is 10.2 Å². The minimum Gasteiger partial charge on any atom is -0.481 e. The molecule has 2 rings (SSSR count). The molecule has 20 heavy (non-hydrogen) atoms. The summed E-state index contributed by atoms with van der Waals surface area (Å²) in [7, 11) is 0. The first-order chi connectivity index (χ1) is 9.44. The Hall–Kier alpha value is -1.10. The summed E-state index contributed by atoms with van der Waals surface area (Å²) >= 11 is 0. The molecule has 1 saturated carbocycles. The van der Waals surface area contributed by atoms with Gasteiger partial charge in [0, 0.05) is 12.6 Å². The molecule has 0 radical (unpaired) electrons. The normalized spacial score (nSPS) is 28.1. The molecular formula is C15H26N2O3. The number of carbonyl (C=O) groups is 2. The molecule has 1 amide bonds. The molecule has 2 aliphatic rings. The van der Waals surface area contributed by atoms with Crippen molar-refractivity contribution in [2.45, 2.75) is 52.0 Å². The zero-order valence-corrected chi connectivity index (χ0v) is 12.5. The molecule has 5 heteroatoms. The summed E-state index contributed by atoms with van der Waals surface area (Å²) in [6.45, 7) is 5.42. The third-order valence-corrected chi connectivity index (χ3v) is 5.00. The third-order valence-electron chi connectivity index (χ3n) is 5.00. The fourth-order valence-corrected chi connectivity index (χ4v) is 3.49. The number of aliphatic carboxylic acids is 1. The third kappa shape index (κ3) is 3.14. The summed E-state index contributed by atoms with van der Waals surface area (Å²) in [5, 5.41) is 12.6. The minimum absolute atomic E-state index is 0.0434. The molecule has 0 aromatic carbocycles. The highest BCUT2D eigenvalue weighted by Crippen LogP contribution is 2.37. The lowest BCUT2D eigenvalue weighted by atomic mass is 9.76. The number of nitrogens with zero attached hydrogens (tertiary/aromatic N) is 1. The van der Waals surface area contributed by atoms with Gasteiger partial charge in [-0.2, -0.15) is 0 Å². The monoisotopic (exact) mass is 282 g/mol. The second-order valence-corrected chi connectivity index (χ2v) is 6.63. The number of likely N-dealkylation sites (tertiary alicyclic amines) is 1. The van der Waals surface area contributed by atoms with Gasteiger partial charge in [0.1, 0.15) is 0 Å². The van der Waals surface area contributed by atoms with E-state index in [2.05, 4.69) is 5.32 Å². The predicted octanol–water partition coefficient (Wildman–Crippen LogP) is 1.48. The van der Waals surface area contributed by atoms with Crippen LogP contribution < -0.4 is 5.32 Å². The van der Waals surface area contributed by atoms with E-state index in [9.17, 15) is 14.7 Å². The Labute approximate surface area is 120 Å². The van der Waals surface area contributed by atoms with E-state index in [-0.39, 0.29) is 11.8 Å². The molecule has 1 saturated heterocycles. The van der Waals surface area contributed by atoms with Crippen molar-refractivity contribution in [2.75, 3.05) is 19.6 Å². The van der Waals surface area contributed by atoms with Crippen LogP contribution in [0.15, 0.2) is 0 Å². The van der Waals surface area contributed by atoms with E-state index in [0.29, 0.717) is 32.1 Å². The van der Waals surface area contributed by atoms with Gasteiger partial charge in [-0.3, -0.25) is 14.5 Å². The first kappa shape index (κ1) is 15.3. The summed E-state index contributed by atoms with van der Waals surface area (Å²) < 4.78 is 0. The summed E-state index contributed by atoms with van der Waals surface area (Å²) in [4.78, 5) is 25.5. The molecule has 5 nitrogen and oxygen atoms in total. The molecule has 0 bridgehead atoms. The van der Waals surface area contributed by atoms with Crippen LogP contribution in [0.2, 0.25) is 0 Å². The Balaban J connectivity index is 1.85. The standard InChI is InChI=1S/C15H26N2O3/c1-11(2)15(14(19)20)7-8-17(10-15)9-13(18)16-12-5-3-4-6-12/h11-12H,3-10H2,1-2H3,(H,16,18)(H,19,20). The van der Waals surface area contributed by atoms with E-state index in [1.165, 1.54) is 12.8 Å². The Morgan fingerprint density at radius 3 is 2.50 bits per heavy atom. The smallest absolute Gasteiger partial charge is 0.311 e. The Bertz CT molecular complexity index is 377. The summed E-state index contributed by atoms with van der Waals surface area (Å²) in [6, 6.07) is 0.333. The molecule has 1 heterocycles. The molecule has 2 N–H and O–H groups in total. The van der Waals surface area contributed by atoms with Crippen LogP contribution in [0.3, 0.4) is 0 Å². The molecule has 114 valence electrons. The average molecular weight is 282 g/mol. The SMILES string of the molecule is CC(C)C1(C(=O)O)CCN(CC(=O)NC2CCCC2)C1. The number of nitrogens with one attached hydrogen (secondary N) is 1. The van der Waals surface area contributed by atoms with Gasteiger partial charge in [0.05, 0.1) is 12.0 Å². The zero-order chi connectivity index (χ0) is 14.8. The number of hydrogen-bond donors (Lipinski definition) is 2. The maximum absolute atomic E-state index is 12.0. The topological polar surface area (TPSA) is 69.6 Å². The van der Waals surface area contributed by atoms with Gasteiger partial charge in [-0.25, -0.2) is 0 Å². The quantitative estimate of drug-likeness (QED) is 0.801. The van der Waals surface area contributed by atoms with Crippen molar-refractivity contribution in [3.05, 3.63) is 0 Å². The highest BCUT2D eigenvalue weighted by molar-refractivity contribution is 5.79. The molecule has 1 unspecified atom stereocenters. The number of amides is 1. The first-order valence-electron chi connectivity index (χ1n) is 7.69. The van der Waals surface area contributed by atoms with Crippen molar-refractivity contribution in [3.8, 4) is 0 Å². The van der Waals surface area contributed by atoms with Crippen molar-refractivity contribution in [1.29, 1.82) is 0 Å². The van der Waals surface area contributed by atoms with Gasteiger partial charge in [0.2, 0.25) is 5.91 Å². The lowest BCUT2D eigenvalue weighted by molar-refractivity contribution is -0.151. The van der Waals surface area contributed by atoms with Crippen LogP contribution in [0.1, 0.15) is 46.0 Å². The molecule has 0 spiro atoms. The number of carboxylic acid groups (broad SMARTS) is 1. The van der Waals surface area contributed by atoms with Crippen LogP contribution >= 0.6 is 0 Å². The van der Waals surface area contributed by atoms with Gasteiger partial charge in [-0.1, -0.05) is 26.7 Å². The van der Waals surface area contributed by atoms with Crippen LogP contribution in [0.4, 0.5) is 0 Å². The lowest BCUT2D eigenvalue weighted by Crippen LogP contribution is -2.43. The zero-order valence-electron chi connectivity index (χ0n) is 12.5. The fraction of sp³-hybridized carbons (Fsp3) is 0.867. The Morgan fingerprint density at radius 1 is 1.35 bits per heavy atom. The van der Waals surface area contributed by atoms with Gasteiger partial charge in [0.15, 0.2) is 0 Å². The van der Waals surface area contributed by atoms with Crippen LogP contribution in [-0.4, -0.2) is 47.6 Å². The average Bonchev–Trinajstić information content (AvgIpc) is 2.98. The molecular weight excluding hydrogens is 256 g/mol. The second kappa shape index (κ2) is 6.12. The van der Waals surface area contributed by atoms with Crippen LogP contribution in [0.5, 0.6) is 0 Å². The lowest BCUT2D eigenvalue weighted by Gasteiger charge is -2.28. The van der Waals surface area contributed by atoms with Crippen LogP contribution in [0, 0.1) is 11.3 Å². The molecule has 0 aromatic rings. The number of carboxylic acids is 1. The van der Waals surface area contributed by atoms with Crippen LogP contribution in [0.25, 0.3) is 0 Å². The van der Waals surface area contributed by atoms with Gasteiger partial charge >= 0.3 is 5.97 Å². The Morgan fingerprint density at radius 2 is 2.00 bits per heavy atom. The van der Waals surface area contributed by atoms with Gasteiger partial charge < -0.3 is 10.4 Å². The minimum atomic E-state index is -0.730. The first-order valence-corrected chi connectivity index (χ1v) is 7.69. The molecule has 1 atom stereocenters. The van der Waals surface area contributed by atoms with Gasteiger partial charge in [-0.15, -0.1) is 0 Å². The Kier molecular flexibility index (Phi) is 4.68. The van der Waals surface area contributed by atoms with E-state index in [1.807, 2.05) is 18.7 Å². The number of hydrogen-bond acceptors (Lipinski definition) is 3. The van der Waals surface area contributed by atoms with E-state index >= 15 is 0 Å². The number of carbonyl (C=O) groups excluding carboxylic acids is 1. The van der Waals surface area contributed by atoms with Crippen molar-refractivity contribution >= 4 is 11.9 Å². The van der Waals surface area contributed by atoms with Crippen molar-refractivity contribution < 1.29 is 14.7 Å².